The van der Waals surface area contributed by atoms with E-state index in [0.717, 1.165) is 25.0 Å². The summed E-state index contributed by atoms with van der Waals surface area (Å²) in [7, 11) is 0. The van der Waals surface area contributed by atoms with Gasteiger partial charge in [0.25, 0.3) is 5.56 Å². The van der Waals surface area contributed by atoms with Crippen LogP contribution in [0.5, 0.6) is 0 Å². The van der Waals surface area contributed by atoms with Crippen LogP contribution in [0, 0.1) is 5.92 Å². The molecule has 0 bridgehead atoms. The molecule has 1 aliphatic carbocycles. The molecule has 0 spiro atoms. The molecular formula is C15H20N4O2. The van der Waals surface area contributed by atoms with Gasteiger partial charge in [-0.15, -0.1) is 0 Å². The van der Waals surface area contributed by atoms with Gasteiger partial charge in [0.1, 0.15) is 6.54 Å². The second kappa shape index (κ2) is 5.79. The van der Waals surface area contributed by atoms with Crippen LogP contribution < -0.4 is 5.56 Å². The summed E-state index contributed by atoms with van der Waals surface area (Å²) in [4.78, 5) is 20.8. The van der Waals surface area contributed by atoms with Crippen LogP contribution in [0.2, 0.25) is 0 Å². The number of aromatic nitrogens is 4. The fourth-order valence-electron chi connectivity index (χ4n) is 2.43. The smallest absolute Gasteiger partial charge is 0.254 e. The summed E-state index contributed by atoms with van der Waals surface area (Å²) in [5, 5.41) is 3.93. The maximum atomic E-state index is 12.1. The largest absolute Gasteiger partial charge is 0.337 e. The van der Waals surface area contributed by atoms with Gasteiger partial charge in [-0.05, 0) is 18.8 Å². The quantitative estimate of drug-likeness (QED) is 0.842. The van der Waals surface area contributed by atoms with Gasteiger partial charge in [0.2, 0.25) is 5.89 Å². The predicted molar refractivity (Wildman–Crippen MR) is 77.0 cm³/mol. The van der Waals surface area contributed by atoms with Crippen LogP contribution in [0.15, 0.2) is 21.7 Å². The number of hydrogen-bond donors (Lipinski definition) is 0. The van der Waals surface area contributed by atoms with Crippen LogP contribution in [0.3, 0.4) is 0 Å². The molecule has 6 heteroatoms. The van der Waals surface area contributed by atoms with Crippen molar-refractivity contribution in [2.75, 3.05) is 0 Å². The Morgan fingerprint density at radius 1 is 1.43 bits per heavy atom. The molecule has 0 amide bonds. The van der Waals surface area contributed by atoms with Crippen LogP contribution in [0.4, 0.5) is 0 Å². The third kappa shape index (κ3) is 3.20. The van der Waals surface area contributed by atoms with Gasteiger partial charge in [-0.3, -0.25) is 9.36 Å². The molecule has 6 nitrogen and oxygen atoms in total. The molecule has 0 N–H and O–H groups in total. The van der Waals surface area contributed by atoms with Crippen molar-refractivity contribution in [3.8, 4) is 0 Å². The van der Waals surface area contributed by atoms with Crippen molar-refractivity contribution in [3.05, 3.63) is 40.2 Å². The van der Waals surface area contributed by atoms with Gasteiger partial charge in [0, 0.05) is 18.4 Å². The second-order valence-corrected chi connectivity index (χ2v) is 6.11. The van der Waals surface area contributed by atoms with Gasteiger partial charge in [-0.2, -0.15) is 4.98 Å². The minimum absolute atomic E-state index is 0.0597. The van der Waals surface area contributed by atoms with Gasteiger partial charge in [-0.1, -0.05) is 25.4 Å². The Morgan fingerprint density at radius 3 is 2.86 bits per heavy atom. The van der Waals surface area contributed by atoms with Crippen LogP contribution in [0.1, 0.15) is 56.4 Å². The number of nitrogens with zero attached hydrogens (tertiary/aromatic N) is 4. The van der Waals surface area contributed by atoms with Crippen molar-refractivity contribution >= 4 is 0 Å². The lowest BCUT2D eigenvalue weighted by atomic mass is 9.83. The van der Waals surface area contributed by atoms with Crippen LogP contribution in [0.25, 0.3) is 0 Å². The Morgan fingerprint density at radius 2 is 2.24 bits per heavy atom. The Kier molecular flexibility index (Phi) is 3.86. The van der Waals surface area contributed by atoms with Crippen molar-refractivity contribution in [2.24, 2.45) is 5.92 Å². The zero-order valence-corrected chi connectivity index (χ0v) is 12.5. The van der Waals surface area contributed by atoms with E-state index >= 15 is 0 Å². The van der Waals surface area contributed by atoms with Gasteiger partial charge in [0.15, 0.2) is 5.82 Å². The van der Waals surface area contributed by atoms with E-state index in [1.165, 1.54) is 11.0 Å². The standard InChI is InChI=1S/C15H20N4O2/c1-10(2)6-13-17-14(21-18-13)8-19-9-16-12(7-15(19)20)11-4-3-5-11/h7,9-11H,3-6,8H2,1-2H3. The molecule has 3 rings (SSSR count). The molecule has 1 saturated carbocycles. The van der Waals surface area contributed by atoms with E-state index in [-0.39, 0.29) is 12.1 Å². The fourth-order valence-corrected chi connectivity index (χ4v) is 2.43. The third-order valence-corrected chi connectivity index (χ3v) is 3.83. The van der Waals surface area contributed by atoms with Crippen molar-refractivity contribution < 1.29 is 4.52 Å². The summed E-state index contributed by atoms with van der Waals surface area (Å²) in [5.41, 5.74) is 0.851. The molecule has 0 saturated heterocycles. The predicted octanol–water partition coefficient (Wildman–Crippen LogP) is 2.14. The molecule has 0 aromatic carbocycles. The van der Waals surface area contributed by atoms with Crippen LogP contribution >= 0.6 is 0 Å². The molecule has 0 unspecified atom stereocenters. The maximum Gasteiger partial charge on any atom is 0.254 e. The lowest BCUT2D eigenvalue weighted by Gasteiger charge is -2.24. The molecule has 21 heavy (non-hydrogen) atoms. The Bertz CT molecular complexity index is 670. The average Bonchev–Trinajstić information content (AvgIpc) is 2.77. The molecular weight excluding hydrogens is 268 g/mol. The van der Waals surface area contributed by atoms with E-state index in [1.54, 1.807) is 12.4 Å². The summed E-state index contributed by atoms with van der Waals surface area (Å²) in [5.74, 6) is 2.08. The molecule has 112 valence electrons. The molecule has 0 atom stereocenters. The van der Waals surface area contributed by atoms with E-state index in [2.05, 4.69) is 29.0 Å². The van der Waals surface area contributed by atoms with E-state index < -0.39 is 0 Å². The van der Waals surface area contributed by atoms with E-state index in [4.69, 9.17) is 4.52 Å². The third-order valence-electron chi connectivity index (χ3n) is 3.83. The molecule has 2 heterocycles. The van der Waals surface area contributed by atoms with E-state index in [9.17, 15) is 4.79 Å². The molecule has 1 aliphatic rings. The first-order valence-corrected chi connectivity index (χ1v) is 7.49. The maximum absolute atomic E-state index is 12.1. The topological polar surface area (TPSA) is 73.8 Å². The fraction of sp³-hybridized carbons (Fsp3) is 0.600. The molecule has 2 aromatic rings. The zero-order chi connectivity index (χ0) is 14.8. The van der Waals surface area contributed by atoms with Crippen molar-refractivity contribution in [1.82, 2.24) is 19.7 Å². The zero-order valence-electron chi connectivity index (χ0n) is 12.5. The summed E-state index contributed by atoms with van der Waals surface area (Å²) in [6.45, 7) is 4.48. The van der Waals surface area contributed by atoms with Gasteiger partial charge in [-0.25, -0.2) is 4.98 Å². The Balaban J connectivity index is 1.72. The first-order valence-electron chi connectivity index (χ1n) is 7.49. The monoisotopic (exact) mass is 288 g/mol. The van der Waals surface area contributed by atoms with E-state index in [1.807, 2.05) is 0 Å². The molecule has 0 radical (unpaired) electrons. The number of hydrogen-bond acceptors (Lipinski definition) is 5. The summed E-state index contributed by atoms with van der Waals surface area (Å²) in [6, 6.07) is 1.63. The lowest BCUT2D eigenvalue weighted by molar-refractivity contribution is 0.361. The van der Waals surface area contributed by atoms with Crippen LogP contribution in [-0.4, -0.2) is 19.7 Å². The summed E-state index contributed by atoms with van der Waals surface area (Å²) < 4.78 is 6.69. The highest BCUT2D eigenvalue weighted by molar-refractivity contribution is 5.09. The highest BCUT2D eigenvalue weighted by Crippen LogP contribution is 2.34. The SMILES string of the molecule is CC(C)Cc1noc(Cn2cnc(C3CCC3)cc2=O)n1. The normalized spacial score (nSPS) is 15.4. The van der Waals surface area contributed by atoms with Crippen LogP contribution in [-0.2, 0) is 13.0 Å². The lowest BCUT2D eigenvalue weighted by Crippen LogP contribution is -2.23. The first kappa shape index (κ1) is 14.0. The minimum atomic E-state index is -0.0597. The van der Waals surface area contributed by atoms with Crippen molar-refractivity contribution in [1.29, 1.82) is 0 Å². The van der Waals surface area contributed by atoms with Gasteiger partial charge in [0.05, 0.1) is 12.0 Å². The highest BCUT2D eigenvalue weighted by Gasteiger charge is 2.21. The Hall–Kier alpha value is -1.98. The molecule has 2 aromatic heterocycles. The number of rotatable bonds is 5. The second-order valence-electron chi connectivity index (χ2n) is 6.11. The minimum Gasteiger partial charge on any atom is -0.337 e. The average molecular weight is 288 g/mol. The molecule has 0 aliphatic heterocycles. The van der Waals surface area contributed by atoms with Crippen molar-refractivity contribution in [3.63, 3.8) is 0 Å². The first-order chi connectivity index (χ1) is 10.1. The Labute approximate surface area is 123 Å². The van der Waals surface area contributed by atoms with Gasteiger partial charge < -0.3 is 4.52 Å². The summed E-state index contributed by atoms with van der Waals surface area (Å²) in [6.07, 6.45) is 5.87. The molecule has 1 fully saturated rings. The summed E-state index contributed by atoms with van der Waals surface area (Å²) >= 11 is 0. The van der Waals surface area contributed by atoms with E-state index in [0.29, 0.717) is 23.6 Å². The highest BCUT2D eigenvalue weighted by atomic mass is 16.5. The van der Waals surface area contributed by atoms with Gasteiger partial charge >= 0.3 is 0 Å². The van der Waals surface area contributed by atoms with Crippen molar-refractivity contribution in [2.45, 2.75) is 52.0 Å².